The van der Waals surface area contributed by atoms with Crippen LogP contribution in [0, 0.1) is 0 Å². The minimum absolute atomic E-state index is 0.0929. The van der Waals surface area contributed by atoms with Crippen LogP contribution in [-0.2, 0) is 9.84 Å². The highest BCUT2D eigenvalue weighted by molar-refractivity contribution is 7.91. The monoisotopic (exact) mass is 250 g/mol. The van der Waals surface area contributed by atoms with Crippen LogP contribution in [-0.4, -0.2) is 68.8 Å². The van der Waals surface area contributed by atoms with Crippen molar-refractivity contribution < 1.29 is 13.5 Å². The molecular formula is C10H22N2O3S. The van der Waals surface area contributed by atoms with E-state index in [1.54, 1.807) is 0 Å². The van der Waals surface area contributed by atoms with Crippen molar-refractivity contribution >= 4 is 9.84 Å². The van der Waals surface area contributed by atoms with Gasteiger partial charge in [0.1, 0.15) is 0 Å². The van der Waals surface area contributed by atoms with Crippen LogP contribution in [0.4, 0.5) is 0 Å². The highest BCUT2D eigenvalue weighted by Gasteiger charge is 2.25. The Balaban J connectivity index is 2.35. The molecule has 0 aromatic heterocycles. The fraction of sp³-hybridized carbons (Fsp3) is 1.00. The SMILES string of the molecule is CNC(C)(CO)CCN1CCS(=O)(=O)CC1. The van der Waals surface area contributed by atoms with Crippen molar-refractivity contribution in [3.05, 3.63) is 0 Å². The highest BCUT2D eigenvalue weighted by atomic mass is 32.2. The average molecular weight is 250 g/mol. The van der Waals surface area contributed by atoms with E-state index in [9.17, 15) is 13.5 Å². The van der Waals surface area contributed by atoms with Crippen molar-refractivity contribution in [2.75, 3.05) is 44.8 Å². The summed E-state index contributed by atoms with van der Waals surface area (Å²) < 4.78 is 22.5. The number of rotatable bonds is 5. The van der Waals surface area contributed by atoms with Crippen molar-refractivity contribution in [2.45, 2.75) is 18.9 Å². The molecule has 0 saturated carbocycles. The molecule has 0 bridgehead atoms. The Morgan fingerprint density at radius 1 is 1.38 bits per heavy atom. The van der Waals surface area contributed by atoms with E-state index in [1.807, 2.05) is 14.0 Å². The molecular weight excluding hydrogens is 228 g/mol. The normalized spacial score (nSPS) is 25.2. The van der Waals surface area contributed by atoms with Gasteiger partial charge in [-0.25, -0.2) is 8.42 Å². The average Bonchev–Trinajstić information content (AvgIpc) is 2.27. The van der Waals surface area contributed by atoms with Crippen LogP contribution in [0.1, 0.15) is 13.3 Å². The number of aliphatic hydroxyl groups excluding tert-OH is 1. The largest absolute Gasteiger partial charge is 0.394 e. The van der Waals surface area contributed by atoms with Gasteiger partial charge in [0.25, 0.3) is 0 Å². The Bertz CT molecular complexity index is 298. The summed E-state index contributed by atoms with van der Waals surface area (Å²) in [6, 6.07) is 0. The Morgan fingerprint density at radius 3 is 2.38 bits per heavy atom. The van der Waals surface area contributed by atoms with Crippen LogP contribution in [0.2, 0.25) is 0 Å². The number of hydrogen-bond donors (Lipinski definition) is 2. The molecule has 1 heterocycles. The summed E-state index contributed by atoms with van der Waals surface area (Å²) in [6.45, 7) is 4.12. The zero-order valence-corrected chi connectivity index (χ0v) is 10.9. The summed E-state index contributed by atoms with van der Waals surface area (Å²) in [5, 5.41) is 12.3. The van der Waals surface area contributed by atoms with E-state index in [0.717, 1.165) is 13.0 Å². The zero-order chi connectivity index (χ0) is 12.2. The minimum atomic E-state index is -2.79. The van der Waals surface area contributed by atoms with E-state index in [-0.39, 0.29) is 23.7 Å². The summed E-state index contributed by atoms with van der Waals surface area (Å²) in [7, 11) is -0.957. The van der Waals surface area contributed by atoms with E-state index in [4.69, 9.17) is 0 Å². The molecule has 1 saturated heterocycles. The third kappa shape index (κ3) is 4.01. The predicted molar refractivity (Wildman–Crippen MR) is 64.3 cm³/mol. The molecule has 1 aliphatic rings. The molecule has 0 aliphatic carbocycles. The molecule has 0 spiro atoms. The van der Waals surface area contributed by atoms with Crippen LogP contribution in [0.15, 0.2) is 0 Å². The fourth-order valence-electron chi connectivity index (χ4n) is 1.66. The topological polar surface area (TPSA) is 69.6 Å². The molecule has 0 aromatic carbocycles. The Hall–Kier alpha value is -0.170. The first kappa shape index (κ1) is 13.9. The second-order valence-electron chi connectivity index (χ2n) is 4.71. The van der Waals surface area contributed by atoms with Crippen LogP contribution in [0.3, 0.4) is 0 Å². The van der Waals surface area contributed by atoms with Gasteiger partial charge in [0.15, 0.2) is 9.84 Å². The molecule has 1 fully saturated rings. The number of likely N-dealkylation sites (N-methyl/N-ethyl adjacent to an activating group) is 1. The summed E-state index contributed by atoms with van der Waals surface area (Å²) >= 11 is 0. The van der Waals surface area contributed by atoms with E-state index in [0.29, 0.717) is 13.1 Å². The molecule has 5 nitrogen and oxygen atoms in total. The quantitative estimate of drug-likeness (QED) is 0.660. The van der Waals surface area contributed by atoms with Crippen LogP contribution in [0.5, 0.6) is 0 Å². The Labute approximate surface area is 97.7 Å². The second kappa shape index (κ2) is 5.44. The summed E-state index contributed by atoms with van der Waals surface area (Å²) in [5.74, 6) is 0.533. The van der Waals surface area contributed by atoms with Gasteiger partial charge in [-0.15, -0.1) is 0 Å². The summed E-state index contributed by atoms with van der Waals surface area (Å²) in [4.78, 5) is 2.15. The van der Waals surface area contributed by atoms with Crippen LogP contribution < -0.4 is 5.32 Å². The van der Waals surface area contributed by atoms with E-state index in [2.05, 4.69) is 10.2 Å². The number of sulfone groups is 1. The maximum atomic E-state index is 11.2. The third-order valence-corrected chi connectivity index (χ3v) is 4.98. The van der Waals surface area contributed by atoms with Gasteiger partial charge >= 0.3 is 0 Å². The standard InChI is InChI=1S/C10H22N2O3S/c1-10(9-13,11-2)3-4-12-5-7-16(14,15)8-6-12/h11,13H,3-9H2,1-2H3. The molecule has 1 rings (SSSR count). The first-order valence-corrected chi connectivity index (χ1v) is 7.45. The molecule has 96 valence electrons. The highest BCUT2D eigenvalue weighted by Crippen LogP contribution is 2.11. The molecule has 2 N–H and O–H groups in total. The Kier molecular flexibility index (Phi) is 4.73. The van der Waals surface area contributed by atoms with E-state index >= 15 is 0 Å². The fourth-order valence-corrected chi connectivity index (χ4v) is 2.94. The predicted octanol–water partition coefficient (Wildman–Crippen LogP) is -0.923. The lowest BCUT2D eigenvalue weighted by atomic mass is 9.99. The van der Waals surface area contributed by atoms with Gasteiger partial charge in [-0.05, 0) is 20.4 Å². The van der Waals surface area contributed by atoms with E-state index < -0.39 is 9.84 Å². The number of aliphatic hydroxyl groups is 1. The molecule has 0 radical (unpaired) electrons. The molecule has 1 unspecified atom stereocenters. The maximum absolute atomic E-state index is 11.2. The van der Waals surface area contributed by atoms with Gasteiger partial charge in [0.2, 0.25) is 0 Å². The van der Waals surface area contributed by atoms with Crippen molar-refractivity contribution in [2.24, 2.45) is 0 Å². The first-order valence-electron chi connectivity index (χ1n) is 5.63. The third-order valence-electron chi connectivity index (χ3n) is 3.37. The van der Waals surface area contributed by atoms with Crippen LogP contribution >= 0.6 is 0 Å². The summed E-state index contributed by atoms with van der Waals surface area (Å²) in [6.07, 6.45) is 0.819. The second-order valence-corrected chi connectivity index (χ2v) is 7.02. The maximum Gasteiger partial charge on any atom is 0.152 e. The van der Waals surface area contributed by atoms with Crippen molar-refractivity contribution in [1.29, 1.82) is 0 Å². The zero-order valence-electron chi connectivity index (χ0n) is 10.1. The molecule has 16 heavy (non-hydrogen) atoms. The molecule has 1 atom stereocenters. The van der Waals surface area contributed by atoms with Gasteiger partial charge in [-0.1, -0.05) is 0 Å². The van der Waals surface area contributed by atoms with Gasteiger partial charge in [-0.3, -0.25) is 0 Å². The van der Waals surface area contributed by atoms with Gasteiger partial charge in [0.05, 0.1) is 18.1 Å². The Morgan fingerprint density at radius 2 is 1.94 bits per heavy atom. The van der Waals surface area contributed by atoms with Gasteiger partial charge in [-0.2, -0.15) is 0 Å². The first-order chi connectivity index (χ1) is 7.41. The van der Waals surface area contributed by atoms with E-state index in [1.165, 1.54) is 0 Å². The number of hydrogen-bond acceptors (Lipinski definition) is 5. The molecule has 0 aromatic rings. The van der Waals surface area contributed by atoms with Crippen molar-refractivity contribution in [3.8, 4) is 0 Å². The lowest BCUT2D eigenvalue weighted by molar-refractivity contribution is 0.154. The summed E-state index contributed by atoms with van der Waals surface area (Å²) in [5.41, 5.74) is -0.268. The number of nitrogens with one attached hydrogen (secondary N) is 1. The van der Waals surface area contributed by atoms with Crippen LogP contribution in [0.25, 0.3) is 0 Å². The van der Waals surface area contributed by atoms with Crippen molar-refractivity contribution in [3.63, 3.8) is 0 Å². The lowest BCUT2D eigenvalue weighted by Crippen LogP contribution is -2.48. The lowest BCUT2D eigenvalue weighted by Gasteiger charge is -2.32. The smallest absolute Gasteiger partial charge is 0.152 e. The number of nitrogens with zero attached hydrogens (tertiary/aromatic N) is 1. The van der Waals surface area contributed by atoms with Gasteiger partial charge in [0, 0.05) is 25.2 Å². The molecule has 0 amide bonds. The minimum Gasteiger partial charge on any atom is -0.394 e. The van der Waals surface area contributed by atoms with Crippen molar-refractivity contribution in [1.82, 2.24) is 10.2 Å². The molecule has 6 heteroatoms. The van der Waals surface area contributed by atoms with Gasteiger partial charge < -0.3 is 15.3 Å². The molecule has 1 aliphatic heterocycles.